The summed E-state index contributed by atoms with van der Waals surface area (Å²) in [7, 11) is 0. The molecule has 0 fully saturated rings. The number of carbonyl (C=O) groups is 1. The molecule has 1 N–H and O–H groups in total. The van der Waals surface area contributed by atoms with E-state index in [4.69, 9.17) is 0 Å². The van der Waals surface area contributed by atoms with Crippen LogP contribution in [0, 0.1) is 5.82 Å². The summed E-state index contributed by atoms with van der Waals surface area (Å²) in [5.74, 6) is -0.550. The lowest BCUT2D eigenvalue weighted by molar-refractivity contribution is -0.123. The van der Waals surface area contributed by atoms with Gasteiger partial charge in [-0.3, -0.25) is 4.79 Å². The Kier molecular flexibility index (Phi) is 3.71. The van der Waals surface area contributed by atoms with Gasteiger partial charge in [-0.15, -0.1) is 0 Å². The van der Waals surface area contributed by atoms with Gasteiger partial charge in [0.05, 0.1) is 12.0 Å². The number of halogens is 1. The third-order valence-corrected chi connectivity index (χ3v) is 4.14. The van der Waals surface area contributed by atoms with Crippen LogP contribution in [0.3, 0.4) is 0 Å². The molecule has 1 aliphatic heterocycles. The second-order valence-corrected chi connectivity index (χ2v) is 5.89. The molecule has 2 aromatic rings. The van der Waals surface area contributed by atoms with Crippen LogP contribution in [0.4, 0.5) is 10.1 Å². The van der Waals surface area contributed by atoms with Crippen LogP contribution < -0.4 is 4.90 Å². The smallest absolute Gasteiger partial charge is 0.230 e. The van der Waals surface area contributed by atoms with E-state index in [1.165, 1.54) is 12.1 Å². The molecule has 0 aliphatic carbocycles. The van der Waals surface area contributed by atoms with Crippen LogP contribution in [0.5, 0.6) is 0 Å². The van der Waals surface area contributed by atoms with Crippen molar-refractivity contribution in [2.75, 3.05) is 11.4 Å². The lowest BCUT2D eigenvalue weighted by Gasteiger charge is -2.26. The van der Waals surface area contributed by atoms with Crippen LogP contribution in [-0.2, 0) is 16.8 Å². The zero-order valence-corrected chi connectivity index (χ0v) is 12.4. The van der Waals surface area contributed by atoms with Gasteiger partial charge in [-0.1, -0.05) is 36.4 Å². The van der Waals surface area contributed by atoms with Gasteiger partial charge in [0.2, 0.25) is 5.91 Å². The number of carbonyl (C=O) groups excluding carboxylic acids is 1. The molecule has 114 valence electrons. The molecular weight excluding hydrogens is 281 g/mol. The van der Waals surface area contributed by atoms with Gasteiger partial charge in [0.15, 0.2) is 0 Å². The van der Waals surface area contributed by atoms with Crippen LogP contribution >= 0.6 is 0 Å². The number of amides is 1. The summed E-state index contributed by atoms with van der Waals surface area (Å²) < 4.78 is 13.4. The largest absolute Gasteiger partial charge is 0.385 e. The Balaban J connectivity index is 1.81. The first-order valence-corrected chi connectivity index (χ1v) is 7.34. The molecule has 1 heterocycles. The Labute approximate surface area is 129 Å². The minimum Gasteiger partial charge on any atom is -0.385 e. The summed E-state index contributed by atoms with van der Waals surface area (Å²) >= 11 is 0. The van der Waals surface area contributed by atoms with Crippen molar-refractivity contribution >= 4 is 11.6 Å². The van der Waals surface area contributed by atoms with Gasteiger partial charge < -0.3 is 10.0 Å². The molecule has 1 aliphatic rings. The lowest BCUT2D eigenvalue weighted by Crippen LogP contribution is -2.35. The molecule has 3 rings (SSSR count). The number of rotatable bonds is 3. The predicted octanol–water partition coefficient (Wildman–Crippen LogP) is 3.01. The maximum atomic E-state index is 13.4. The van der Waals surface area contributed by atoms with Crippen LogP contribution in [0.25, 0.3) is 0 Å². The Bertz CT molecular complexity index is 697. The number of nitrogens with zero attached hydrogens (tertiary/aromatic N) is 1. The second-order valence-electron chi connectivity index (χ2n) is 5.89. The van der Waals surface area contributed by atoms with E-state index in [0.717, 1.165) is 12.0 Å². The highest BCUT2D eigenvalue weighted by Gasteiger charge is 2.32. The number of hydrogen-bond acceptors (Lipinski definition) is 2. The Hall–Kier alpha value is -2.20. The molecule has 1 unspecified atom stereocenters. The molecule has 1 atom stereocenters. The SMILES string of the molecule is CC(O)(CC(=O)N1CCc2ccc(F)cc21)c1ccccc1. The summed E-state index contributed by atoms with van der Waals surface area (Å²) in [4.78, 5) is 14.1. The Morgan fingerprint density at radius 2 is 2.00 bits per heavy atom. The number of fused-ring (bicyclic) bond motifs is 1. The van der Waals surface area contributed by atoms with Crippen molar-refractivity contribution in [1.29, 1.82) is 0 Å². The second kappa shape index (κ2) is 5.54. The van der Waals surface area contributed by atoms with Gasteiger partial charge in [-0.05, 0) is 36.6 Å². The van der Waals surface area contributed by atoms with Gasteiger partial charge >= 0.3 is 0 Å². The van der Waals surface area contributed by atoms with E-state index < -0.39 is 5.60 Å². The van der Waals surface area contributed by atoms with E-state index in [1.807, 2.05) is 18.2 Å². The molecule has 0 saturated heterocycles. The third kappa shape index (κ3) is 2.74. The van der Waals surface area contributed by atoms with Crippen molar-refractivity contribution in [2.24, 2.45) is 0 Å². The molecule has 2 aromatic carbocycles. The van der Waals surface area contributed by atoms with Crippen molar-refractivity contribution in [3.63, 3.8) is 0 Å². The van der Waals surface area contributed by atoms with E-state index in [1.54, 1.807) is 30.0 Å². The summed E-state index contributed by atoms with van der Waals surface area (Å²) in [6, 6.07) is 13.6. The van der Waals surface area contributed by atoms with E-state index >= 15 is 0 Å². The van der Waals surface area contributed by atoms with Crippen LogP contribution in [0.15, 0.2) is 48.5 Å². The number of benzene rings is 2. The summed E-state index contributed by atoms with van der Waals surface area (Å²) in [5, 5.41) is 10.6. The Morgan fingerprint density at radius 3 is 2.73 bits per heavy atom. The topological polar surface area (TPSA) is 40.5 Å². The number of aliphatic hydroxyl groups is 1. The highest BCUT2D eigenvalue weighted by Crippen LogP contribution is 2.32. The zero-order valence-electron chi connectivity index (χ0n) is 12.4. The van der Waals surface area contributed by atoms with Crippen LogP contribution in [0.1, 0.15) is 24.5 Å². The molecule has 1 amide bonds. The molecular formula is C18H18FNO2. The highest BCUT2D eigenvalue weighted by atomic mass is 19.1. The fourth-order valence-electron chi connectivity index (χ4n) is 2.90. The van der Waals surface area contributed by atoms with Gasteiger partial charge in [0.25, 0.3) is 0 Å². The first-order valence-electron chi connectivity index (χ1n) is 7.34. The van der Waals surface area contributed by atoms with E-state index in [2.05, 4.69) is 0 Å². The fourth-order valence-corrected chi connectivity index (χ4v) is 2.90. The van der Waals surface area contributed by atoms with E-state index in [0.29, 0.717) is 17.8 Å². The van der Waals surface area contributed by atoms with Gasteiger partial charge in [-0.25, -0.2) is 4.39 Å². The maximum Gasteiger partial charge on any atom is 0.230 e. The zero-order chi connectivity index (χ0) is 15.7. The highest BCUT2D eigenvalue weighted by molar-refractivity contribution is 5.96. The normalized spacial score (nSPS) is 16.2. The monoisotopic (exact) mass is 299 g/mol. The molecule has 0 saturated carbocycles. The summed E-state index contributed by atoms with van der Waals surface area (Å²) in [5.41, 5.74) is 1.04. The minimum atomic E-state index is -1.24. The molecule has 4 heteroatoms. The summed E-state index contributed by atoms with van der Waals surface area (Å²) in [6.07, 6.45) is 0.682. The van der Waals surface area contributed by atoms with E-state index in [-0.39, 0.29) is 18.1 Å². The Morgan fingerprint density at radius 1 is 1.27 bits per heavy atom. The fraction of sp³-hybridized carbons (Fsp3) is 0.278. The molecule has 22 heavy (non-hydrogen) atoms. The lowest BCUT2D eigenvalue weighted by atomic mass is 9.92. The number of anilines is 1. The quantitative estimate of drug-likeness (QED) is 0.946. The van der Waals surface area contributed by atoms with Crippen LogP contribution in [-0.4, -0.2) is 17.6 Å². The molecule has 0 radical (unpaired) electrons. The van der Waals surface area contributed by atoms with E-state index in [9.17, 15) is 14.3 Å². The molecule has 0 bridgehead atoms. The third-order valence-electron chi connectivity index (χ3n) is 4.14. The summed E-state index contributed by atoms with van der Waals surface area (Å²) in [6.45, 7) is 2.16. The molecule has 0 aromatic heterocycles. The number of hydrogen-bond donors (Lipinski definition) is 1. The van der Waals surface area contributed by atoms with Gasteiger partial charge in [0.1, 0.15) is 5.82 Å². The standard InChI is InChI=1S/C18H18FNO2/c1-18(22,14-5-3-2-4-6-14)12-17(21)20-10-9-13-7-8-15(19)11-16(13)20/h2-8,11,22H,9-10,12H2,1H3. The first-order chi connectivity index (χ1) is 10.5. The van der Waals surface area contributed by atoms with Gasteiger partial charge in [-0.2, -0.15) is 0 Å². The maximum absolute atomic E-state index is 13.4. The van der Waals surface area contributed by atoms with Crippen LogP contribution in [0.2, 0.25) is 0 Å². The molecule has 3 nitrogen and oxygen atoms in total. The van der Waals surface area contributed by atoms with Crippen molar-refractivity contribution < 1.29 is 14.3 Å². The average Bonchev–Trinajstić information content (AvgIpc) is 2.90. The van der Waals surface area contributed by atoms with Crippen molar-refractivity contribution in [2.45, 2.75) is 25.4 Å². The average molecular weight is 299 g/mol. The van der Waals surface area contributed by atoms with Crippen molar-refractivity contribution in [3.8, 4) is 0 Å². The predicted molar refractivity (Wildman–Crippen MR) is 83.1 cm³/mol. The van der Waals surface area contributed by atoms with Crippen molar-refractivity contribution in [1.82, 2.24) is 0 Å². The molecule has 0 spiro atoms. The van der Waals surface area contributed by atoms with Crippen molar-refractivity contribution in [3.05, 3.63) is 65.5 Å². The minimum absolute atomic E-state index is 0.0348. The first kappa shape index (κ1) is 14.7. The van der Waals surface area contributed by atoms with Gasteiger partial charge in [0, 0.05) is 12.2 Å².